The van der Waals surface area contributed by atoms with Crippen molar-refractivity contribution in [2.45, 2.75) is 103 Å². The van der Waals surface area contributed by atoms with Gasteiger partial charge in [0.2, 0.25) is 0 Å². The smallest absolute Gasteiger partial charge is 0.394 e. The van der Waals surface area contributed by atoms with Crippen LogP contribution in [0.4, 0.5) is 0 Å². The first-order chi connectivity index (χ1) is 12.8. The van der Waals surface area contributed by atoms with E-state index in [4.69, 9.17) is 13.6 Å². The Hall–Kier alpha value is -0.440. The second kappa shape index (κ2) is 17.9. The van der Waals surface area contributed by atoms with Crippen LogP contribution in [0.1, 0.15) is 103 Å². The molecule has 0 aliphatic carbocycles. The first-order valence-corrected chi connectivity index (χ1v) is 11.8. The lowest BCUT2D eigenvalue weighted by atomic mass is 10.1. The second-order valence-electron chi connectivity index (χ2n) is 7.04. The Kier molecular flexibility index (Phi) is 16.3. The minimum atomic E-state index is -1.41. The minimum absolute atomic E-state index is 0.185. The molecule has 0 saturated carbocycles. The van der Waals surface area contributed by atoms with E-state index < -0.39 is 8.60 Å². The molecule has 0 N–H and O–H groups in total. The van der Waals surface area contributed by atoms with Crippen molar-refractivity contribution in [1.29, 1.82) is 0 Å². The highest BCUT2D eigenvalue weighted by molar-refractivity contribution is 7.42. The van der Waals surface area contributed by atoms with E-state index in [0.29, 0.717) is 19.6 Å². The van der Waals surface area contributed by atoms with E-state index in [1.165, 1.54) is 70.6 Å². The summed E-state index contributed by atoms with van der Waals surface area (Å²) in [5.74, 6) is -0.185. The quantitative estimate of drug-likeness (QED) is 0.159. The third-order valence-electron chi connectivity index (χ3n) is 4.50. The van der Waals surface area contributed by atoms with Crippen LogP contribution in [0.5, 0.6) is 0 Å². The summed E-state index contributed by atoms with van der Waals surface area (Å²) in [5.41, 5.74) is 0. The highest BCUT2D eigenvalue weighted by Gasteiger charge is 2.21. The van der Waals surface area contributed by atoms with Gasteiger partial charge in [0.1, 0.15) is 0 Å². The molecule has 1 rings (SSSR count). The molecule has 5 heteroatoms. The summed E-state index contributed by atoms with van der Waals surface area (Å²) in [6, 6.07) is 0. The summed E-state index contributed by atoms with van der Waals surface area (Å²) >= 11 is 0. The minimum Gasteiger partial charge on any atom is -0.394 e. The summed E-state index contributed by atoms with van der Waals surface area (Å²) in [7, 11) is -1.41. The monoisotopic (exact) mass is 386 g/mol. The average Bonchev–Trinajstić information content (AvgIpc) is 2.65. The average molecular weight is 387 g/mol. The number of carbonyl (C=O) groups excluding carboxylic acids is 1. The molecule has 1 saturated heterocycles. The van der Waals surface area contributed by atoms with Gasteiger partial charge >= 0.3 is 14.6 Å². The van der Waals surface area contributed by atoms with Gasteiger partial charge in [-0.2, -0.15) is 0 Å². The summed E-state index contributed by atoms with van der Waals surface area (Å²) in [6.45, 7) is 3.53. The molecule has 1 aliphatic rings. The Morgan fingerprint density at radius 1 is 0.846 bits per heavy atom. The lowest BCUT2D eigenvalue weighted by Gasteiger charge is -2.19. The summed E-state index contributed by atoms with van der Waals surface area (Å²) in [4.78, 5) is 11.7. The molecule has 0 atom stereocenters. The van der Waals surface area contributed by atoms with Crippen molar-refractivity contribution in [3.63, 3.8) is 0 Å². The fourth-order valence-electron chi connectivity index (χ4n) is 2.90. The summed E-state index contributed by atoms with van der Waals surface area (Å²) in [5, 5.41) is 0. The van der Waals surface area contributed by atoms with E-state index in [1.54, 1.807) is 0 Å². The van der Waals surface area contributed by atoms with Gasteiger partial charge in [0, 0.05) is 6.42 Å². The van der Waals surface area contributed by atoms with Gasteiger partial charge in [0.05, 0.1) is 13.2 Å². The maximum atomic E-state index is 11.7. The molecule has 1 fully saturated rings. The number of allylic oxidation sites excluding steroid dienone is 2. The molecule has 0 bridgehead atoms. The predicted octanol–water partition coefficient (Wildman–Crippen LogP) is 7.23. The Balaban J connectivity index is 1.78. The van der Waals surface area contributed by atoms with Gasteiger partial charge in [-0.3, -0.25) is 4.79 Å². The molecule has 1 aliphatic heterocycles. The molecular weight excluding hydrogens is 347 g/mol. The number of unbranched alkanes of at least 4 members (excludes halogenated alkanes) is 11. The van der Waals surface area contributed by atoms with Crippen molar-refractivity contribution in [1.82, 2.24) is 0 Å². The molecule has 0 aromatic carbocycles. The molecule has 0 unspecified atom stereocenters. The van der Waals surface area contributed by atoms with Gasteiger partial charge in [-0.25, -0.2) is 0 Å². The second-order valence-corrected chi connectivity index (χ2v) is 8.19. The molecule has 4 nitrogen and oxygen atoms in total. The summed E-state index contributed by atoms with van der Waals surface area (Å²) < 4.78 is 15.7. The molecule has 0 radical (unpaired) electrons. The third kappa shape index (κ3) is 14.7. The molecule has 0 spiro atoms. The van der Waals surface area contributed by atoms with E-state index in [2.05, 4.69) is 19.1 Å². The van der Waals surface area contributed by atoms with Crippen LogP contribution in [0.25, 0.3) is 0 Å². The van der Waals surface area contributed by atoms with Gasteiger partial charge in [-0.05, 0) is 38.5 Å². The number of hydrogen-bond donors (Lipinski definition) is 0. The highest BCUT2D eigenvalue weighted by atomic mass is 31.2. The molecular formula is C21H39O4P. The Morgan fingerprint density at radius 3 is 2.00 bits per heavy atom. The van der Waals surface area contributed by atoms with Crippen LogP contribution in [-0.4, -0.2) is 19.2 Å². The fraction of sp³-hybridized carbons (Fsp3) is 0.857. The third-order valence-corrected chi connectivity index (χ3v) is 5.64. The lowest BCUT2D eigenvalue weighted by molar-refractivity contribution is -0.135. The van der Waals surface area contributed by atoms with E-state index >= 15 is 0 Å². The molecule has 152 valence electrons. The van der Waals surface area contributed by atoms with Crippen molar-refractivity contribution < 1.29 is 18.4 Å². The van der Waals surface area contributed by atoms with E-state index in [-0.39, 0.29) is 5.97 Å². The highest BCUT2D eigenvalue weighted by Crippen LogP contribution is 2.42. The van der Waals surface area contributed by atoms with Crippen molar-refractivity contribution >= 4 is 14.6 Å². The zero-order valence-electron chi connectivity index (χ0n) is 16.8. The number of rotatable bonds is 16. The van der Waals surface area contributed by atoms with Crippen LogP contribution < -0.4 is 0 Å². The zero-order chi connectivity index (χ0) is 18.7. The molecule has 26 heavy (non-hydrogen) atoms. The molecule has 0 aromatic rings. The number of carbonyl (C=O) groups is 1. The van der Waals surface area contributed by atoms with Crippen LogP contribution in [0.3, 0.4) is 0 Å². The fourth-order valence-corrected chi connectivity index (χ4v) is 3.89. The largest absolute Gasteiger partial charge is 0.399 e. The van der Waals surface area contributed by atoms with E-state index in [0.717, 1.165) is 19.3 Å². The molecule has 1 heterocycles. The van der Waals surface area contributed by atoms with Crippen LogP contribution in [-0.2, 0) is 18.4 Å². The lowest BCUT2D eigenvalue weighted by Crippen LogP contribution is -2.10. The van der Waals surface area contributed by atoms with Crippen LogP contribution in [0.2, 0.25) is 0 Å². The van der Waals surface area contributed by atoms with Gasteiger partial charge in [-0.15, -0.1) is 0 Å². The number of hydrogen-bond acceptors (Lipinski definition) is 4. The first kappa shape index (κ1) is 23.6. The van der Waals surface area contributed by atoms with Gasteiger partial charge < -0.3 is 13.6 Å². The van der Waals surface area contributed by atoms with E-state index in [1.807, 2.05) is 0 Å². The zero-order valence-corrected chi connectivity index (χ0v) is 17.7. The molecule has 0 amide bonds. The predicted molar refractivity (Wildman–Crippen MR) is 109 cm³/mol. The van der Waals surface area contributed by atoms with Crippen LogP contribution in [0, 0.1) is 0 Å². The standard InChI is InChI=1S/C21H39O4P/c1-2-3-4-5-6-7-8-9-10-11-12-13-14-15-16-18-21(22)25-26-23-19-17-20-24-26/h9-10H,2-8,11-20H2,1H3. The summed E-state index contributed by atoms with van der Waals surface area (Å²) in [6.07, 6.45) is 22.4. The van der Waals surface area contributed by atoms with Gasteiger partial charge in [0.25, 0.3) is 0 Å². The van der Waals surface area contributed by atoms with E-state index in [9.17, 15) is 4.79 Å². The Bertz CT molecular complexity index is 354. The van der Waals surface area contributed by atoms with Crippen molar-refractivity contribution in [3.8, 4) is 0 Å². The van der Waals surface area contributed by atoms with Gasteiger partial charge in [-0.1, -0.05) is 70.4 Å². The van der Waals surface area contributed by atoms with Crippen LogP contribution in [0.15, 0.2) is 12.2 Å². The van der Waals surface area contributed by atoms with Crippen molar-refractivity contribution in [3.05, 3.63) is 12.2 Å². The first-order valence-electron chi connectivity index (χ1n) is 10.7. The maximum absolute atomic E-state index is 11.7. The Labute approximate surface area is 162 Å². The normalized spacial score (nSPS) is 15.6. The van der Waals surface area contributed by atoms with Crippen molar-refractivity contribution in [2.24, 2.45) is 0 Å². The van der Waals surface area contributed by atoms with Gasteiger partial charge in [0.15, 0.2) is 0 Å². The maximum Gasteiger partial charge on any atom is 0.399 e. The van der Waals surface area contributed by atoms with Crippen LogP contribution >= 0.6 is 8.60 Å². The Morgan fingerprint density at radius 2 is 1.38 bits per heavy atom. The SMILES string of the molecule is CCCCCCCCC=CCCCCCCCC(=O)OP1OCCCO1. The topological polar surface area (TPSA) is 44.8 Å². The van der Waals surface area contributed by atoms with Crippen molar-refractivity contribution in [2.75, 3.05) is 13.2 Å². The molecule has 0 aromatic heterocycles.